The maximum atomic E-state index is 13.6. The Morgan fingerprint density at radius 3 is 2.72 bits per heavy atom. The fraction of sp³-hybridized carbons (Fsp3) is 0.538. The molecule has 0 radical (unpaired) electrons. The van der Waals surface area contributed by atoms with Crippen LogP contribution in [0.5, 0.6) is 0 Å². The molecule has 2 atom stereocenters. The Hall–Kier alpha value is -1.04. The second-order valence-electron chi connectivity index (χ2n) is 4.75. The van der Waals surface area contributed by atoms with E-state index in [1.54, 1.807) is 7.11 Å². The van der Waals surface area contributed by atoms with Crippen molar-refractivity contribution in [3.05, 3.63) is 35.4 Å². The predicted octanol–water partition coefficient (Wildman–Crippen LogP) is 1.76. The van der Waals surface area contributed by atoms with Crippen LogP contribution >= 0.6 is 0 Å². The van der Waals surface area contributed by atoms with Gasteiger partial charge in [0.1, 0.15) is 11.6 Å². The molecule has 0 aromatic heterocycles. The van der Waals surface area contributed by atoms with Gasteiger partial charge in [0.05, 0.1) is 12.1 Å². The van der Waals surface area contributed by atoms with E-state index < -0.39 is 11.6 Å². The highest BCUT2D eigenvalue weighted by molar-refractivity contribution is 5.20. The molecule has 2 rings (SSSR count). The average Bonchev–Trinajstić information content (AvgIpc) is 3.17. The van der Waals surface area contributed by atoms with Gasteiger partial charge in [0.15, 0.2) is 0 Å². The van der Waals surface area contributed by atoms with Crippen LogP contribution in [0.25, 0.3) is 0 Å². The normalized spacial score (nSPS) is 18.7. The molecule has 18 heavy (non-hydrogen) atoms. The van der Waals surface area contributed by atoms with Gasteiger partial charge < -0.3 is 4.74 Å². The third kappa shape index (κ3) is 3.04. The van der Waals surface area contributed by atoms with Crippen molar-refractivity contribution in [2.45, 2.75) is 31.4 Å². The summed E-state index contributed by atoms with van der Waals surface area (Å²) < 4.78 is 32.1. The molecule has 0 spiro atoms. The second-order valence-corrected chi connectivity index (χ2v) is 4.75. The summed E-state index contributed by atoms with van der Waals surface area (Å²) in [6.45, 7) is 0. The van der Waals surface area contributed by atoms with E-state index in [1.807, 2.05) is 0 Å². The summed E-state index contributed by atoms with van der Waals surface area (Å²) in [7, 11) is 1.62. The topological polar surface area (TPSA) is 47.3 Å². The van der Waals surface area contributed by atoms with Crippen LogP contribution < -0.4 is 11.3 Å². The lowest BCUT2D eigenvalue weighted by Gasteiger charge is -2.25. The monoisotopic (exact) mass is 256 g/mol. The summed E-state index contributed by atoms with van der Waals surface area (Å²) in [4.78, 5) is 0. The van der Waals surface area contributed by atoms with Crippen molar-refractivity contribution >= 4 is 0 Å². The van der Waals surface area contributed by atoms with Gasteiger partial charge in [-0.1, -0.05) is 0 Å². The van der Waals surface area contributed by atoms with Gasteiger partial charge in [-0.05, 0) is 48.9 Å². The van der Waals surface area contributed by atoms with E-state index in [-0.39, 0.29) is 12.1 Å². The summed E-state index contributed by atoms with van der Waals surface area (Å²) in [6, 6.07) is 3.24. The van der Waals surface area contributed by atoms with E-state index in [0.717, 1.165) is 25.0 Å². The Kier molecular flexibility index (Phi) is 4.27. The van der Waals surface area contributed by atoms with Crippen LogP contribution in [0.15, 0.2) is 18.2 Å². The molecular weight excluding hydrogens is 238 g/mol. The zero-order chi connectivity index (χ0) is 13.1. The molecule has 1 aromatic rings. The number of benzene rings is 1. The van der Waals surface area contributed by atoms with Gasteiger partial charge in [-0.2, -0.15) is 0 Å². The number of hydrazine groups is 1. The van der Waals surface area contributed by atoms with Crippen LogP contribution in [0.4, 0.5) is 8.78 Å². The fourth-order valence-electron chi connectivity index (χ4n) is 2.32. The molecular formula is C13H18F2N2O. The molecule has 0 heterocycles. The summed E-state index contributed by atoms with van der Waals surface area (Å²) in [5.41, 5.74) is 2.98. The Balaban J connectivity index is 2.11. The van der Waals surface area contributed by atoms with E-state index in [0.29, 0.717) is 17.9 Å². The van der Waals surface area contributed by atoms with Crippen molar-refractivity contribution in [2.24, 2.45) is 11.8 Å². The first kappa shape index (κ1) is 13.4. The number of methoxy groups -OCH3 is 1. The number of rotatable bonds is 6. The van der Waals surface area contributed by atoms with Gasteiger partial charge in [-0.3, -0.25) is 11.3 Å². The molecule has 0 saturated heterocycles. The molecule has 1 fully saturated rings. The molecule has 1 aliphatic carbocycles. The first-order chi connectivity index (χ1) is 8.65. The molecule has 1 saturated carbocycles. The van der Waals surface area contributed by atoms with Crippen LogP contribution in [0.1, 0.15) is 18.4 Å². The quantitative estimate of drug-likeness (QED) is 0.602. The number of nitrogens with two attached hydrogens (primary N) is 1. The highest BCUT2D eigenvalue weighted by Crippen LogP contribution is 2.36. The molecule has 3 N–H and O–H groups in total. The minimum Gasteiger partial charge on any atom is -0.379 e. The molecule has 1 aliphatic rings. The van der Waals surface area contributed by atoms with Gasteiger partial charge in [-0.15, -0.1) is 0 Å². The van der Waals surface area contributed by atoms with Crippen LogP contribution in [0, 0.1) is 17.6 Å². The summed E-state index contributed by atoms with van der Waals surface area (Å²) in [5, 5.41) is 0. The summed E-state index contributed by atoms with van der Waals surface area (Å²) in [6.07, 6.45) is 2.46. The van der Waals surface area contributed by atoms with Crippen molar-refractivity contribution in [1.82, 2.24) is 5.43 Å². The predicted molar refractivity (Wildman–Crippen MR) is 64.7 cm³/mol. The Labute approximate surface area is 105 Å². The molecule has 0 bridgehead atoms. The first-order valence-corrected chi connectivity index (χ1v) is 6.08. The van der Waals surface area contributed by atoms with Gasteiger partial charge in [-0.25, -0.2) is 8.78 Å². The van der Waals surface area contributed by atoms with Crippen LogP contribution in [-0.2, 0) is 11.2 Å². The fourth-order valence-corrected chi connectivity index (χ4v) is 2.32. The Morgan fingerprint density at radius 2 is 2.17 bits per heavy atom. The molecule has 1 aromatic carbocycles. The molecule has 0 amide bonds. The van der Waals surface area contributed by atoms with Gasteiger partial charge in [0.2, 0.25) is 0 Å². The number of ether oxygens (including phenoxy) is 1. The lowest BCUT2D eigenvalue weighted by atomic mass is 9.98. The molecule has 5 heteroatoms. The second kappa shape index (κ2) is 5.73. The van der Waals surface area contributed by atoms with Crippen molar-refractivity contribution < 1.29 is 13.5 Å². The maximum Gasteiger partial charge on any atom is 0.126 e. The number of nitrogens with one attached hydrogen (secondary N) is 1. The third-order valence-electron chi connectivity index (χ3n) is 3.42. The van der Waals surface area contributed by atoms with Gasteiger partial charge in [0, 0.05) is 7.11 Å². The third-order valence-corrected chi connectivity index (χ3v) is 3.42. The molecule has 0 aliphatic heterocycles. The molecule has 3 nitrogen and oxygen atoms in total. The van der Waals surface area contributed by atoms with Crippen LogP contribution in [0.2, 0.25) is 0 Å². The average molecular weight is 256 g/mol. The first-order valence-electron chi connectivity index (χ1n) is 6.08. The minimum atomic E-state index is -0.442. The van der Waals surface area contributed by atoms with E-state index in [4.69, 9.17) is 10.6 Å². The highest BCUT2D eigenvalue weighted by atomic mass is 19.1. The highest BCUT2D eigenvalue weighted by Gasteiger charge is 2.36. The van der Waals surface area contributed by atoms with Crippen molar-refractivity contribution in [1.29, 1.82) is 0 Å². The van der Waals surface area contributed by atoms with Gasteiger partial charge >= 0.3 is 0 Å². The van der Waals surface area contributed by atoms with E-state index in [1.165, 1.54) is 6.07 Å². The SMILES string of the molecule is COC(C1CC1)C(Cc1cc(F)ccc1F)NN. The largest absolute Gasteiger partial charge is 0.379 e. The molecule has 2 unspecified atom stereocenters. The summed E-state index contributed by atoms with van der Waals surface area (Å²) in [5.74, 6) is 5.11. The zero-order valence-corrected chi connectivity index (χ0v) is 10.3. The standard InChI is InChI=1S/C13H18F2N2O/c1-18-13(8-2-3-8)12(17-16)7-9-6-10(14)4-5-11(9)15/h4-6,8,12-13,17H,2-3,7,16H2,1H3. The van der Waals surface area contributed by atoms with E-state index >= 15 is 0 Å². The summed E-state index contributed by atoms with van der Waals surface area (Å²) >= 11 is 0. The Morgan fingerprint density at radius 1 is 1.44 bits per heavy atom. The van der Waals surface area contributed by atoms with Gasteiger partial charge in [0.25, 0.3) is 0 Å². The molecule has 100 valence electrons. The lowest BCUT2D eigenvalue weighted by Crippen LogP contribution is -2.47. The van der Waals surface area contributed by atoms with Crippen LogP contribution in [0.3, 0.4) is 0 Å². The maximum absolute atomic E-state index is 13.6. The number of hydrogen-bond acceptors (Lipinski definition) is 3. The van der Waals surface area contributed by atoms with Crippen molar-refractivity contribution in [3.8, 4) is 0 Å². The van der Waals surface area contributed by atoms with E-state index in [9.17, 15) is 8.78 Å². The van der Waals surface area contributed by atoms with Crippen molar-refractivity contribution in [3.63, 3.8) is 0 Å². The van der Waals surface area contributed by atoms with E-state index in [2.05, 4.69) is 5.43 Å². The smallest absolute Gasteiger partial charge is 0.126 e. The number of halogens is 2. The van der Waals surface area contributed by atoms with Crippen LogP contribution in [-0.4, -0.2) is 19.3 Å². The minimum absolute atomic E-state index is 0.0577. The number of hydrogen-bond donors (Lipinski definition) is 2. The lowest BCUT2D eigenvalue weighted by molar-refractivity contribution is 0.0508. The zero-order valence-electron chi connectivity index (χ0n) is 10.3. The van der Waals surface area contributed by atoms with Crippen molar-refractivity contribution in [2.75, 3.05) is 7.11 Å². The Bertz CT molecular complexity index is 410.